The summed E-state index contributed by atoms with van der Waals surface area (Å²) >= 11 is 0. The van der Waals surface area contributed by atoms with E-state index < -0.39 is 36.4 Å². The van der Waals surface area contributed by atoms with Gasteiger partial charge in [0.1, 0.15) is 17.1 Å². The number of methoxy groups -OCH3 is 4. The number of aliphatic carboxylic acids is 1. The lowest BCUT2D eigenvalue weighted by Crippen LogP contribution is -2.27. The lowest BCUT2D eigenvalue weighted by Gasteiger charge is -2.19. The van der Waals surface area contributed by atoms with Crippen LogP contribution in [0, 0.1) is 0 Å². The van der Waals surface area contributed by atoms with E-state index in [4.69, 9.17) is 38.3 Å². The van der Waals surface area contributed by atoms with Crippen LogP contribution in [0.15, 0.2) is 84.9 Å². The van der Waals surface area contributed by atoms with Crippen molar-refractivity contribution in [3.8, 4) is 34.5 Å². The van der Waals surface area contributed by atoms with Crippen LogP contribution in [0.3, 0.4) is 0 Å². The van der Waals surface area contributed by atoms with E-state index >= 15 is 0 Å². The molecule has 4 rings (SSSR count). The Hall–Kier alpha value is -5.46. The summed E-state index contributed by atoms with van der Waals surface area (Å²) < 4.78 is 36.9. The van der Waals surface area contributed by atoms with Crippen LogP contribution >= 0.6 is 0 Å². The van der Waals surface area contributed by atoms with Gasteiger partial charge in [-0.15, -0.1) is 0 Å². The molecule has 4 aromatic carbocycles. The molecule has 0 aromatic heterocycles. The summed E-state index contributed by atoms with van der Waals surface area (Å²) in [6, 6.07) is 25.3. The van der Waals surface area contributed by atoms with E-state index in [0.717, 1.165) is 16.7 Å². The minimum atomic E-state index is -1.04. The number of carbonyl (C=O) groups is 2. The van der Waals surface area contributed by atoms with Crippen LogP contribution in [0.5, 0.6) is 34.5 Å². The Kier molecular flexibility index (Phi) is 16.9. The zero-order valence-electron chi connectivity index (χ0n) is 32.0. The van der Waals surface area contributed by atoms with Crippen LogP contribution in [0.25, 0.3) is 0 Å². The number of carbonyl (C=O) groups excluding carboxylic acids is 1. The van der Waals surface area contributed by atoms with E-state index in [2.05, 4.69) is 0 Å². The molecule has 292 valence electrons. The van der Waals surface area contributed by atoms with E-state index in [1.54, 1.807) is 91.7 Å². The third-order valence-electron chi connectivity index (χ3n) is 7.93. The first-order chi connectivity index (χ1) is 25.7. The van der Waals surface area contributed by atoms with Crippen LogP contribution in [-0.4, -0.2) is 74.5 Å². The molecule has 0 aliphatic carbocycles. The Balaban J connectivity index is 0.000000294. The van der Waals surface area contributed by atoms with Crippen LogP contribution in [0.2, 0.25) is 0 Å². The maximum Gasteiger partial charge on any atom is 0.344 e. The Bertz CT molecular complexity index is 1780. The van der Waals surface area contributed by atoms with Crippen LogP contribution in [0.4, 0.5) is 0 Å². The first-order valence-electron chi connectivity index (χ1n) is 17.4. The highest BCUT2D eigenvalue weighted by molar-refractivity contribution is 5.71. The molecule has 2 atom stereocenters. The van der Waals surface area contributed by atoms with Gasteiger partial charge in [0.25, 0.3) is 0 Å². The lowest BCUT2D eigenvalue weighted by atomic mass is 10.0. The van der Waals surface area contributed by atoms with E-state index in [1.807, 2.05) is 42.5 Å². The lowest BCUT2D eigenvalue weighted by molar-refractivity contribution is -0.157. The number of hydrogen-bond acceptors (Lipinski definition) is 11. The van der Waals surface area contributed by atoms with Crippen molar-refractivity contribution in [2.45, 2.75) is 64.3 Å². The average molecular weight is 749 g/mol. The third kappa shape index (κ3) is 14.5. The van der Waals surface area contributed by atoms with Crippen LogP contribution < -0.4 is 28.4 Å². The smallest absolute Gasteiger partial charge is 0.344 e. The molecule has 0 saturated heterocycles. The normalized spacial score (nSPS) is 11.9. The molecule has 4 aromatic rings. The molecular weight excluding hydrogens is 696 g/mol. The van der Waals surface area contributed by atoms with Crippen molar-refractivity contribution >= 4 is 11.9 Å². The summed E-state index contributed by atoms with van der Waals surface area (Å²) in [5.74, 6) is 2.11. The maximum atomic E-state index is 11.8. The van der Waals surface area contributed by atoms with Gasteiger partial charge in [0, 0.05) is 0 Å². The Morgan fingerprint density at radius 3 is 1.41 bits per heavy atom. The van der Waals surface area contributed by atoms with Crippen molar-refractivity contribution in [1.29, 1.82) is 0 Å². The van der Waals surface area contributed by atoms with Gasteiger partial charge in [0.05, 0.1) is 40.6 Å². The zero-order chi connectivity index (χ0) is 39.7. The number of rotatable bonds is 18. The SMILES string of the molecule is COc1ccc(CC[C@@H](O)c2cccc(OCC(=O)O)c2)cc1OC.COc1ccc(CC[C@@H](O)c2cccc(OCC(=O)OC(C)(C)C)c2)cc1OC. The number of aryl methyl sites for hydroxylation is 2. The fourth-order valence-electron chi connectivity index (χ4n) is 5.29. The molecule has 0 spiro atoms. The van der Waals surface area contributed by atoms with Crippen molar-refractivity contribution in [3.05, 3.63) is 107 Å². The quantitative estimate of drug-likeness (QED) is 0.0903. The van der Waals surface area contributed by atoms with Crippen molar-refractivity contribution in [1.82, 2.24) is 0 Å². The molecule has 3 N–H and O–H groups in total. The minimum absolute atomic E-state index is 0.178. The number of esters is 1. The molecule has 0 saturated carbocycles. The second-order valence-corrected chi connectivity index (χ2v) is 13.2. The monoisotopic (exact) mass is 748 g/mol. The van der Waals surface area contributed by atoms with Crippen LogP contribution in [-0.2, 0) is 27.2 Å². The van der Waals surface area contributed by atoms with Gasteiger partial charge in [-0.3, -0.25) is 0 Å². The van der Waals surface area contributed by atoms with Gasteiger partial charge in [-0.2, -0.15) is 0 Å². The highest BCUT2D eigenvalue weighted by Gasteiger charge is 2.17. The molecule has 12 nitrogen and oxygen atoms in total. The summed E-state index contributed by atoms with van der Waals surface area (Å²) in [4.78, 5) is 22.3. The standard InChI is InChI=1S/C23H30O6.C19H22O6/c1-23(2,3)29-22(25)15-28-18-8-6-7-17(14-18)19(24)11-9-16-10-12-20(26-4)21(13-16)27-5;1-23-17-9-7-13(10-18(17)24-2)6-8-16(20)14-4-3-5-15(11-14)25-12-19(21)22/h6-8,10,12-14,19,24H,9,11,15H2,1-5H3;3-5,7,9-11,16,20H,6,8,12H2,1-2H3,(H,21,22)/t19-;16-/m11/s1. The van der Waals surface area contributed by atoms with Crippen molar-refractivity contribution in [2.75, 3.05) is 41.7 Å². The number of benzene rings is 4. The van der Waals surface area contributed by atoms with Gasteiger partial charge >= 0.3 is 11.9 Å². The number of ether oxygens (including phenoxy) is 7. The van der Waals surface area contributed by atoms with E-state index in [9.17, 15) is 19.8 Å². The van der Waals surface area contributed by atoms with Crippen LogP contribution in [0.1, 0.15) is 68.1 Å². The summed E-state index contributed by atoms with van der Waals surface area (Å²) in [5.41, 5.74) is 2.92. The number of carboxylic acid groups (broad SMARTS) is 1. The van der Waals surface area contributed by atoms with Crippen molar-refractivity contribution < 1.29 is 58.1 Å². The van der Waals surface area contributed by atoms with Gasteiger partial charge in [-0.05, 0) is 117 Å². The summed E-state index contributed by atoms with van der Waals surface area (Å²) in [6.07, 6.45) is 1.03. The predicted molar refractivity (Wildman–Crippen MR) is 203 cm³/mol. The van der Waals surface area contributed by atoms with Crippen molar-refractivity contribution in [2.24, 2.45) is 0 Å². The highest BCUT2D eigenvalue weighted by Crippen LogP contribution is 2.31. The second-order valence-electron chi connectivity index (χ2n) is 13.2. The van der Waals surface area contributed by atoms with Gasteiger partial charge in [0.15, 0.2) is 36.2 Å². The summed E-state index contributed by atoms with van der Waals surface area (Å²) in [7, 11) is 6.36. The molecule has 0 unspecified atom stereocenters. The van der Waals surface area contributed by atoms with Gasteiger partial charge in [0.2, 0.25) is 0 Å². The molecular formula is C42H52O12. The molecule has 0 heterocycles. The molecule has 0 aliphatic rings. The molecule has 0 aliphatic heterocycles. The first kappa shape index (κ1) is 42.9. The molecule has 0 radical (unpaired) electrons. The first-order valence-corrected chi connectivity index (χ1v) is 17.4. The van der Waals surface area contributed by atoms with Crippen molar-refractivity contribution in [3.63, 3.8) is 0 Å². The number of hydrogen-bond donors (Lipinski definition) is 3. The largest absolute Gasteiger partial charge is 0.493 e. The molecule has 0 bridgehead atoms. The third-order valence-corrected chi connectivity index (χ3v) is 7.93. The maximum absolute atomic E-state index is 11.8. The Morgan fingerprint density at radius 1 is 0.593 bits per heavy atom. The number of aliphatic hydroxyl groups excluding tert-OH is 2. The van der Waals surface area contributed by atoms with E-state index in [1.165, 1.54) is 0 Å². The average Bonchev–Trinajstić information content (AvgIpc) is 3.16. The van der Waals surface area contributed by atoms with Gasteiger partial charge in [-0.25, -0.2) is 9.59 Å². The Labute approximate surface area is 317 Å². The number of carboxylic acids is 1. The van der Waals surface area contributed by atoms with Gasteiger partial charge in [-0.1, -0.05) is 36.4 Å². The molecule has 12 heteroatoms. The fourth-order valence-corrected chi connectivity index (χ4v) is 5.29. The second kappa shape index (κ2) is 21.3. The molecule has 0 fully saturated rings. The zero-order valence-corrected chi connectivity index (χ0v) is 32.0. The molecule has 0 amide bonds. The van der Waals surface area contributed by atoms with Gasteiger partial charge < -0.3 is 48.5 Å². The van der Waals surface area contributed by atoms with E-state index in [-0.39, 0.29) is 6.61 Å². The fraction of sp³-hybridized carbons (Fsp3) is 0.381. The number of aliphatic hydroxyl groups is 2. The van der Waals surface area contributed by atoms with E-state index in [0.29, 0.717) is 65.7 Å². The minimum Gasteiger partial charge on any atom is -0.493 e. The molecule has 54 heavy (non-hydrogen) atoms. The highest BCUT2D eigenvalue weighted by atomic mass is 16.6. The summed E-state index contributed by atoms with van der Waals surface area (Å²) in [6.45, 7) is 4.83. The summed E-state index contributed by atoms with van der Waals surface area (Å²) in [5, 5.41) is 29.6. The predicted octanol–water partition coefficient (Wildman–Crippen LogP) is 6.92. The Morgan fingerprint density at radius 2 is 1.02 bits per heavy atom. The topological polar surface area (TPSA) is 159 Å².